The summed E-state index contributed by atoms with van der Waals surface area (Å²) in [5, 5.41) is 14.1. The van der Waals surface area contributed by atoms with Gasteiger partial charge in [-0.25, -0.2) is 8.78 Å². The van der Waals surface area contributed by atoms with E-state index < -0.39 is 23.9 Å². The normalized spacial score (nSPS) is 23.5. The zero-order valence-electron chi connectivity index (χ0n) is 17.2. The number of aromatic nitrogens is 1. The van der Waals surface area contributed by atoms with Crippen molar-refractivity contribution in [1.29, 1.82) is 0 Å². The number of likely N-dealkylation sites (tertiary alicyclic amines) is 1. The van der Waals surface area contributed by atoms with E-state index in [1.165, 1.54) is 0 Å². The summed E-state index contributed by atoms with van der Waals surface area (Å²) in [6, 6.07) is 5.32. The van der Waals surface area contributed by atoms with Gasteiger partial charge in [-0.05, 0) is 31.4 Å². The van der Waals surface area contributed by atoms with E-state index in [0.717, 1.165) is 18.5 Å². The monoisotopic (exact) mass is 453 g/mol. The molecule has 4 rings (SSSR count). The molecule has 2 fully saturated rings. The number of fused-ring (bicyclic) bond motifs is 1. The van der Waals surface area contributed by atoms with E-state index in [-0.39, 0.29) is 31.7 Å². The minimum absolute atomic E-state index is 0.130. The molecule has 0 unspecified atom stereocenters. The molecule has 0 radical (unpaired) electrons. The van der Waals surface area contributed by atoms with Crippen LogP contribution >= 0.6 is 11.6 Å². The molecule has 1 saturated heterocycles. The van der Waals surface area contributed by atoms with Gasteiger partial charge in [0.15, 0.2) is 0 Å². The fourth-order valence-corrected chi connectivity index (χ4v) is 4.93. The molecule has 1 aromatic carbocycles. The van der Waals surface area contributed by atoms with Crippen LogP contribution in [0.3, 0.4) is 0 Å². The molecular weight excluding hydrogens is 428 g/mol. The summed E-state index contributed by atoms with van der Waals surface area (Å²) < 4.78 is 29.3. The van der Waals surface area contributed by atoms with Gasteiger partial charge in [0, 0.05) is 57.0 Å². The van der Waals surface area contributed by atoms with Crippen LogP contribution in [0.5, 0.6) is 0 Å². The Morgan fingerprint density at radius 2 is 2.03 bits per heavy atom. The number of alkyl halides is 2. The van der Waals surface area contributed by atoms with E-state index in [4.69, 9.17) is 11.6 Å². The highest BCUT2D eigenvalue weighted by Crippen LogP contribution is 2.39. The molecule has 2 N–H and O–H groups in total. The smallest absolute Gasteiger partial charge is 0.253 e. The molecule has 9 heteroatoms. The molecule has 6 nitrogen and oxygen atoms in total. The van der Waals surface area contributed by atoms with Crippen LogP contribution in [0, 0.1) is 0 Å². The van der Waals surface area contributed by atoms with E-state index in [9.17, 15) is 23.5 Å². The van der Waals surface area contributed by atoms with E-state index in [0.29, 0.717) is 35.5 Å². The fourth-order valence-electron chi connectivity index (χ4n) is 4.66. The summed E-state index contributed by atoms with van der Waals surface area (Å²) in [5.74, 6) is -3.27. The van der Waals surface area contributed by atoms with Gasteiger partial charge >= 0.3 is 0 Å². The van der Waals surface area contributed by atoms with Gasteiger partial charge in [0.1, 0.15) is 0 Å². The first-order chi connectivity index (χ1) is 14.7. The number of benzene rings is 1. The van der Waals surface area contributed by atoms with Gasteiger partial charge in [0.25, 0.3) is 11.8 Å². The van der Waals surface area contributed by atoms with Gasteiger partial charge in [0.2, 0.25) is 5.91 Å². The second kappa shape index (κ2) is 8.39. The van der Waals surface area contributed by atoms with Crippen molar-refractivity contribution < 1.29 is 23.5 Å². The third-order valence-corrected chi connectivity index (χ3v) is 6.55. The molecule has 31 heavy (non-hydrogen) atoms. The van der Waals surface area contributed by atoms with Crippen molar-refractivity contribution >= 4 is 34.3 Å². The summed E-state index contributed by atoms with van der Waals surface area (Å²) in [7, 11) is 0. The average Bonchev–Trinajstić information content (AvgIpc) is 3.28. The highest BCUT2D eigenvalue weighted by atomic mass is 35.5. The first-order valence-electron chi connectivity index (χ1n) is 10.6. The van der Waals surface area contributed by atoms with Crippen LogP contribution in [-0.4, -0.2) is 57.5 Å². The van der Waals surface area contributed by atoms with Crippen LogP contribution in [0.1, 0.15) is 48.9 Å². The molecule has 168 valence electrons. The minimum atomic E-state index is -2.93. The Kier molecular flexibility index (Phi) is 5.96. The number of rotatable bonds is 6. The fraction of sp³-hybridized carbons (Fsp3) is 0.545. The zero-order valence-corrected chi connectivity index (χ0v) is 17.9. The van der Waals surface area contributed by atoms with E-state index >= 15 is 0 Å². The van der Waals surface area contributed by atoms with Crippen LogP contribution in [0.4, 0.5) is 8.78 Å². The highest BCUT2D eigenvalue weighted by molar-refractivity contribution is 6.36. The lowest BCUT2D eigenvalue weighted by Gasteiger charge is -2.36. The van der Waals surface area contributed by atoms with Crippen LogP contribution < -0.4 is 5.32 Å². The third-order valence-electron chi connectivity index (χ3n) is 6.23. The number of carbonyl (C=O) groups excluding carboxylic acids is 2. The molecular formula is C22H26ClF2N3O3. The van der Waals surface area contributed by atoms with Gasteiger partial charge in [-0.15, -0.1) is 0 Å². The van der Waals surface area contributed by atoms with Crippen LogP contribution in [0.2, 0.25) is 5.02 Å². The highest BCUT2D eigenvalue weighted by Gasteiger charge is 2.44. The molecule has 1 saturated carbocycles. The van der Waals surface area contributed by atoms with Gasteiger partial charge in [-0.3, -0.25) is 9.59 Å². The number of hydrogen-bond acceptors (Lipinski definition) is 3. The summed E-state index contributed by atoms with van der Waals surface area (Å²) in [4.78, 5) is 26.6. The summed E-state index contributed by atoms with van der Waals surface area (Å²) in [5.41, 5.74) is -0.554. The van der Waals surface area contributed by atoms with Crippen molar-refractivity contribution in [3.05, 3.63) is 35.0 Å². The second-order valence-electron chi connectivity index (χ2n) is 8.65. The topological polar surface area (TPSA) is 74.6 Å². The Labute approximate surface area is 184 Å². The number of nitrogens with one attached hydrogen (secondary N) is 1. The number of hydrogen-bond donors (Lipinski definition) is 2. The van der Waals surface area contributed by atoms with Crippen molar-refractivity contribution in [2.75, 3.05) is 19.6 Å². The lowest BCUT2D eigenvalue weighted by molar-refractivity contribution is -0.127. The number of amides is 2. The Bertz CT molecular complexity index is 1010. The second-order valence-corrected chi connectivity index (χ2v) is 9.05. The van der Waals surface area contributed by atoms with Crippen molar-refractivity contribution in [2.45, 2.75) is 56.6 Å². The SMILES string of the molecule is O=C(NC[C@]1(O)CCCC(F)(F)C1)c1cn(CCN2CCCC2=O)c2cccc(Cl)c12. The maximum atomic E-state index is 13.7. The van der Waals surface area contributed by atoms with E-state index in [2.05, 4.69) is 5.32 Å². The Hall–Kier alpha value is -2.19. The number of nitrogens with zero attached hydrogens (tertiary/aromatic N) is 2. The lowest BCUT2D eigenvalue weighted by Crippen LogP contribution is -2.49. The molecule has 2 aromatic rings. The maximum Gasteiger partial charge on any atom is 0.253 e. The quantitative estimate of drug-likeness (QED) is 0.702. The number of carbonyl (C=O) groups is 2. The summed E-state index contributed by atoms with van der Waals surface area (Å²) in [6.07, 6.45) is 2.61. The van der Waals surface area contributed by atoms with Crippen molar-refractivity contribution in [1.82, 2.24) is 14.8 Å². The average molecular weight is 454 g/mol. The molecule has 2 aliphatic rings. The molecule has 2 heterocycles. The Morgan fingerprint density at radius 1 is 1.23 bits per heavy atom. The zero-order chi connectivity index (χ0) is 22.2. The Balaban J connectivity index is 1.52. The lowest BCUT2D eigenvalue weighted by atomic mass is 9.82. The number of halogens is 3. The molecule has 0 spiro atoms. The van der Waals surface area contributed by atoms with Gasteiger partial charge in [0.05, 0.1) is 21.7 Å². The van der Waals surface area contributed by atoms with Crippen LogP contribution in [0.15, 0.2) is 24.4 Å². The Morgan fingerprint density at radius 3 is 2.74 bits per heavy atom. The van der Waals surface area contributed by atoms with Crippen LogP contribution in [-0.2, 0) is 11.3 Å². The number of aliphatic hydroxyl groups is 1. The van der Waals surface area contributed by atoms with Crippen molar-refractivity contribution in [3.63, 3.8) is 0 Å². The van der Waals surface area contributed by atoms with E-state index in [1.807, 2.05) is 10.6 Å². The van der Waals surface area contributed by atoms with Gasteiger partial charge in [-0.1, -0.05) is 17.7 Å². The summed E-state index contributed by atoms with van der Waals surface area (Å²) >= 11 is 6.38. The van der Waals surface area contributed by atoms with Crippen molar-refractivity contribution in [3.8, 4) is 0 Å². The molecule has 1 aromatic heterocycles. The van der Waals surface area contributed by atoms with Gasteiger partial charge in [-0.2, -0.15) is 0 Å². The van der Waals surface area contributed by atoms with Crippen LogP contribution in [0.25, 0.3) is 10.9 Å². The van der Waals surface area contributed by atoms with Gasteiger partial charge < -0.3 is 19.9 Å². The predicted octanol–water partition coefficient (Wildman–Crippen LogP) is 3.59. The van der Waals surface area contributed by atoms with Crippen molar-refractivity contribution in [2.24, 2.45) is 0 Å². The largest absolute Gasteiger partial charge is 0.388 e. The maximum absolute atomic E-state index is 13.7. The van der Waals surface area contributed by atoms with E-state index in [1.54, 1.807) is 23.2 Å². The molecule has 1 aliphatic carbocycles. The summed E-state index contributed by atoms with van der Waals surface area (Å²) in [6.45, 7) is 1.52. The minimum Gasteiger partial charge on any atom is -0.388 e. The first kappa shape index (κ1) is 22.0. The molecule has 0 bridgehead atoms. The standard InChI is InChI=1S/C22H26ClF2N3O3/c23-16-4-1-5-17-19(16)15(12-28(17)11-10-27-9-2-6-18(27)29)20(30)26-14-21(31)7-3-8-22(24,25)13-21/h1,4-5,12,31H,2-3,6-11,13-14H2,(H,26,30)/t21-/m0/s1. The molecule has 1 aliphatic heterocycles. The predicted molar refractivity (Wildman–Crippen MR) is 113 cm³/mol. The molecule has 2 amide bonds. The first-order valence-corrected chi connectivity index (χ1v) is 11.0. The molecule has 1 atom stereocenters. The third kappa shape index (κ3) is 4.70.